The molecule has 0 spiro atoms. The van der Waals surface area contributed by atoms with Crippen LogP contribution in [-0.4, -0.2) is 49.5 Å². The average molecular weight is 320 g/mol. The number of benzene rings is 1. The summed E-state index contributed by atoms with van der Waals surface area (Å²) >= 11 is 5.83. The van der Waals surface area contributed by atoms with Crippen molar-refractivity contribution in [1.82, 2.24) is 0 Å². The molecule has 0 bridgehead atoms. The van der Waals surface area contributed by atoms with Gasteiger partial charge in [0, 0.05) is 19.2 Å². The van der Waals surface area contributed by atoms with Gasteiger partial charge in [-0.05, 0) is 0 Å². The molecule has 0 aliphatic rings. The van der Waals surface area contributed by atoms with Crippen LogP contribution in [0.4, 0.5) is 5.69 Å². The molecule has 1 rings (SSSR count). The van der Waals surface area contributed by atoms with Gasteiger partial charge in [0.2, 0.25) is 0 Å². The van der Waals surface area contributed by atoms with E-state index in [2.05, 4.69) is 0 Å². The summed E-state index contributed by atoms with van der Waals surface area (Å²) in [6.07, 6.45) is 0. The third-order valence-electron chi connectivity index (χ3n) is 2.38. The van der Waals surface area contributed by atoms with Gasteiger partial charge in [-0.3, -0.25) is 10.1 Å². The van der Waals surface area contributed by atoms with Crippen molar-refractivity contribution in [3.8, 4) is 5.75 Å². The number of carboxylic acid groups (broad SMARTS) is 1. The lowest BCUT2D eigenvalue weighted by atomic mass is 10.2. The predicted molar refractivity (Wildman–Crippen MR) is 73.3 cm³/mol. The van der Waals surface area contributed by atoms with Gasteiger partial charge >= 0.3 is 5.97 Å². The van der Waals surface area contributed by atoms with Crippen LogP contribution in [0.5, 0.6) is 5.75 Å². The van der Waals surface area contributed by atoms with Gasteiger partial charge in [0.1, 0.15) is 12.2 Å². The molecule has 0 amide bonds. The molecule has 0 aliphatic carbocycles. The van der Waals surface area contributed by atoms with Crippen molar-refractivity contribution in [2.45, 2.75) is 0 Å². The summed E-state index contributed by atoms with van der Waals surface area (Å²) < 4.78 is 15.2. The number of methoxy groups -OCH3 is 1. The molecule has 1 N–H and O–H groups in total. The summed E-state index contributed by atoms with van der Waals surface area (Å²) in [7, 11) is 1.54. The summed E-state index contributed by atoms with van der Waals surface area (Å²) in [4.78, 5) is 21.1. The van der Waals surface area contributed by atoms with Crippen LogP contribution in [0, 0.1) is 10.1 Å². The second kappa shape index (κ2) is 8.40. The smallest absolute Gasteiger partial charge is 0.339 e. The molecule has 0 saturated carbocycles. The van der Waals surface area contributed by atoms with Gasteiger partial charge in [0.15, 0.2) is 5.75 Å². The molecule has 0 unspecified atom stereocenters. The first-order valence-corrected chi connectivity index (χ1v) is 6.26. The highest BCUT2D eigenvalue weighted by Gasteiger charge is 2.21. The second-order valence-corrected chi connectivity index (χ2v) is 4.23. The van der Waals surface area contributed by atoms with Crippen LogP contribution in [0.15, 0.2) is 12.1 Å². The quantitative estimate of drug-likeness (QED) is 0.421. The first-order valence-electron chi connectivity index (χ1n) is 5.88. The Morgan fingerprint density at radius 1 is 1.33 bits per heavy atom. The lowest BCUT2D eigenvalue weighted by Gasteiger charge is -2.11. The first-order chi connectivity index (χ1) is 9.97. The molecule has 1 aromatic carbocycles. The normalized spacial score (nSPS) is 10.4. The minimum absolute atomic E-state index is 0.0571. The molecule has 0 aliphatic heterocycles. The molecule has 116 valence electrons. The summed E-state index contributed by atoms with van der Waals surface area (Å²) in [5, 5.41) is 19.6. The number of carboxylic acids is 1. The highest BCUT2D eigenvalue weighted by molar-refractivity contribution is 6.32. The van der Waals surface area contributed by atoms with E-state index < -0.39 is 16.6 Å². The highest BCUT2D eigenvalue weighted by Crippen LogP contribution is 2.33. The number of aromatic carboxylic acids is 1. The monoisotopic (exact) mass is 319 g/mol. The standard InChI is InChI=1S/C12H14ClNO7/c1-19-2-3-20-4-5-21-11-9(12(15)16)6-8(14(17)18)7-10(11)13/h6-7H,2-5H2,1H3,(H,15,16). The van der Waals surface area contributed by atoms with Gasteiger partial charge in [0.05, 0.1) is 29.8 Å². The SMILES string of the molecule is COCCOCCOc1c(Cl)cc([N+](=O)[O-])cc1C(=O)O. The van der Waals surface area contributed by atoms with Gasteiger partial charge in [-0.1, -0.05) is 11.6 Å². The van der Waals surface area contributed by atoms with E-state index in [1.54, 1.807) is 0 Å². The van der Waals surface area contributed by atoms with Gasteiger partial charge in [-0.25, -0.2) is 4.79 Å². The number of nitro groups is 1. The maximum Gasteiger partial charge on any atom is 0.339 e. The average Bonchev–Trinajstić information content (AvgIpc) is 2.43. The highest BCUT2D eigenvalue weighted by atomic mass is 35.5. The number of ether oxygens (including phenoxy) is 3. The summed E-state index contributed by atoms with van der Waals surface area (Å²) in [5.41, 5.74) is -0.785. The fraction of sp³-hybridized carbons (Fsp3) is 0.417. The van der Waals surface area contributed by atoms with Gasteiger partial charge in [-0.15, -0.1) is 0 Å². The second-order valence-electron chi connectivity index (χ2n) is 3.82. The number of hydrogen-bond donors (Lipinski definition) is 1. The molecule has 0 heterocycles. The minimum Gasteiger partial charge on any atom is -0.489 e. The number of carbonyl (C=O) groups is 1. The third kappa shape index (κ3) is 5.18. The zero-order valence-corrected chi connectivity index (χ0v) is 12.0. The van der Waals surface area contributed by atoms with E-state index in [0.717, 1.165) is 12.1 Å². The number of rotatable bonds is 9. The van der Waals surface area contributed by atoms with Gasteiger partial charge in [0.25, 0.3) is 5.69 Å². The molecule has 0 aromatic heterocycles. The zero-order valence-electron chi connectivity index (χ0n) is 11.2. The number of nitro benzene ring substituents is 1. The Morgan fingerprint density at radius 3 is 2.57 bits per heavy atom. The largest absolute Gasteiger partial charge is 0.489 e. The van der Waals surface area contributed by atoms with Crippen LogP contribution in [0.3, 0.4) is 0 Å². The Morgan fingerprint density at radius 2 is 2.00 bits per heavy atom. The summed E-state index contributed by atoms with van der Waals surface area (Å²) in [6, 6.07) is 1.93. The third-order valence-corrected chi connectivity index (χ3v) is 2.66. The molecule has 0 fully saturated rings. The van der Waals surface area contributed by atoms with E-state index in [9.17, 15) is 14.9 Å². The molecule has 0 radical (unpaired) electrons. The molecule has 0 saturated heterocycles. The van der Waals surface area contributed by atoms with Crippen molar-refractivity contribution < 1.29 is 29.0 Å². The summed E-state index contributed by atoms with van der Waals surface area (Å²) in [5.74, 6) is -1.49. The van der Waals surface area contributed by atoms with Gasteiger partial charge < -0.3 is 19.3 Å². The Kier molecular flexibility index (Phi) is 6.86. The van der Waals surface area contributed by atoms with E-state index in [0.29, 0.717) is 13.2 Å². The molecule has 0 atom stereocenters. The van der Waals surface area contributed by atoms with E-state index in [1.165, 1.54) is 7.11 Å². The van der Waals surface area contributed by atoms with Crippen LogP contribution < -0.4 is 4.74 Å². The van der Waals surface area contributed by atoms with Crippen molar-refractivity contribution in [3.05, 3.63) is 32.8 Å². The van der Waals surface area contributed by atoms with Crippen LogP contribution in [0.1, 0.15) is 10.4 Å². The van der Waals surface area contributed by atoms with Crippen LogP contribution in [0.25, 0.3) is 0 Å². The Balaban J connectivity index is 2.76. The first kappa shape index (κ1) is 17.2. The maximum atomic E-state index is 11.1. The van der Waals surface area contributed by atoms with E-state index >= 15 is 0 Å². The molecule has 8 nitrogen and oxygen atoms in total. The fourth-order valence-electron chi connectivity index (χ4n) is 1.44. The van der Waals surface area contributed by atoms with Crippen molar-refractivity contribution >= 4 is 23.3 Å². The Bertz CT molecular complexity index is 521. The van der Waals surface area contributed by atoms with Crippen molar-refractivity contribution in [1.29, 1.82) is 0 Å². The summed E-state index contributed by atoms with van der Waals surface area (Å²) in [6.45, 7) is 1.07. The number of halogens is 1. The fourth-order valence-corrected chi connectivity index (χ4v) is 1.71. The Labute approximate surface area is 125 Å². The zero-order chi connectivity index (χ0) is 15.8. The molecule has 1 aromatic rings. The lowest BCUT2D eigenvalue weighted by Crippen LogP contribution is -2.12. The molecular weight excluding hydrogens is 306 g/mol. The maximum absolute atomic E-state index is 11.1. The topological polar surface area (TPSA) is 108 Å². The lowest BCUT2D eigenvalue weighted by molar-refractivity contribution is -0.384. The van der Waals surface area contributed by atoms with Crippen LogP contribution in [-0.2, 0) is 9.47 Å². The molecule has 21 heavy (non-hydrogen) atoms. The van der Waals surface area contributed by atoms with E-state index in [-0.39, 0.29) is 29.5 Å². The number of hydrogen-bond acceptors (Lipinski definition) is 6. The van der Waals surface area contributed by atoms with E-state index in [4.69, 9.17) is 30.9 Å². The molecule has 9 heteroatoms. The van der Waals surface area contributed by atoms with Crippen LogP contribution >= 0.6 is 11.6 Å². The van der Waals surface area contributed by atoms with Crippen LogP contribution in [0.2, 0.25) is 5.02 Å². The molecular formula is C12H14ClNO7. The predicted octanol–water partition coefficient (Wildman–Crippen LogP) is 1.99. The van der Waals surface area contributed by atoms with Crippen molar-refractivity contribution in [2.24, 2.45) is 0 Å². The van der Waals surface area contributed by atoms with Crippen molar-refractivity contribution in [3.63, 3.8) is 0 Å². The van der Waals surface area contributed by atoms with Gasteiger partial charge in [-0.2, -0.15) is 0 Å². The number of nitrogens with zero attached hydrogens (tertiary/aromatic N) is 1. The van der Waals surface area contributed by atoms with E-state index in [1.807, 2.05) is 0 Å². The Hall–Kier alpha value is -1.90. The number of non-ortho nitro benzene ring substituents is 1. The minimum atomic E-state index is -1.36. The van der Waals surface area contributed by atoms with Crippen molar-refractivity contribution in [2.75, 3.05) is 33.5 Å².